The number of amides is 2. The number of fused-ring (bicyclic) bond motifs is 1. The highest BCUT2D eigenvalue weighted by Crippen LogP contribution is 2.19. The largest absolute Gasteiger partial charge is 0.497 e. The number of anilines is 2. The molecule has 0 fully saturated rings. The first-order chi connectivity index (χ1) is 14.6. The van der Waals surface area contributed by atoms with Gasteiger partial charge in [-0.1, -0.05) is 30.3 Å². The molecule has 0 radical (unpaired) electrons. The Labute approximate surface area is 174 Å². The van der Waals surface area contributed by atoms with Crippen LogP contribution in [0.4, 0.5) is 11.4 Å². The van der Waals surface area contributed by atoms with Crippen LogP contribution in [-0.4, -0.2) is 18.9 Å². The molecule has 0 atom stereocenters. The minimum Gasteiger partial charge on any atom is -0.497 e. The Kier molecular flexibility index (Phi) is 5.44. The number of methoxy groups -OCH3 is 1. The van der Waals surface area contributed by atoms with Crippen molar-refractivity contribution in [2.75, 3.05) is 17.7 Å². The quantitative estimate of drug-likeness (QED) is 0.478. The molecule has 0 aromatic heterocycles. The van der Waals surface area contributed by atoms with Crippen molar-refractivity contribution in [1.82, 2.24) is 0 Å². The Hall–Kier alpha value is -4.12. The first kappa shape index (κ1) is 19.2. The third-order valence-corrected chi connectivity index (χ3v) is 4.76. The molecular formula is C25H20N2O3. The van der Waals surface area contributed by atoms with E-state index in [2.05, 4.69) is 10.6 Å². The number of benzene rings is 4. The zero-order valence-electron chi connectivity index (χ0n) is 16.4. The van der Waals surface area contributed by atoms with Crippen molar-refractivity contribution in [3.05, 3.63) is 102 Å². The summed E-state index contributed by atoms with van der Waals surface area (Å²) in [5.74, 6) is 0.295. The molecule has 0 heterocycles. The van der Waals surface area contributed by atoms with Gasteiger partial charge in [-0.05, 0) is 71.4 Å². The van der Waals surface area contributed by atoms with Gasteiger partial charge in [-0.25, -0.2) is 0 Å². The van der Waals surface area contributed by atoms with Crippen LogP contribution in [0.15, 0.2) is 91.0 Å². The van der Waals surface area contributed by atoms with E-state index in [1.54, 1.807) is 61.7 Å². The average molecular weight is 396 g/mol. The van der Waals surface area contributed by atoms with Crippen molar-refractivity contribution in [2.24, 2.45) is 0 Å². The average Bonchev–Trinajstić information content (AvgIpc) is 2.79. The Morgan fingerprint density at radius 1 is 0.633 bits per heavy atom. The number of ether oxygens (including phenoxy) is 1. The fourth-order valence-electron chi connectivity index (χ4n) is 3.12. The van der Waals surface area contributed by atoms with Crippen molar-refractivity contribution < 1.29 is 14.3 Å². The van der Waals surface area contributed by atoms with Crippen LogP contribution in [0.1, 0.15) is 20.7 Å². The molecule has 148 valence electrons. The molecule has 0 aliphatic carbocycles. The molecule has 2 amide bonds. The van der Waals surface area contributed by atoms with Gasteiger partial charge in [-0.2, -0.15) is 0 Å². The first-order valence-corrected chi connectivity index (χ1v) is 9.48. The number of rotatable bonds is 5. The van der Waals surface area contributed by atoms with Crippen LogP contribution in [0.25, 0.3) is 10.8 Å². The summed E-state index contributed by atoms with van der Waals surface area (Å²) < 4.78 is 5.11. The summed E-state index contributed by atoms with van der Waals surface area (Å²) in [6.45, 7) is 0. The molecule has 0 aliphatic rings. The summed E-state index contributed by atoms with van der Waals surface area (Å²) in [6, 6.07) is 27.4. The summed E-state index contributed by atoms with van der Waals surface area (Å²) in [4.78, 5) is 25.0. The molecule has 4 aromatic carbocycles. The molecule has 4 aromatic rings. The predicted octanol–water partition coefficient (Wildman–Crippen LogP) is 5.35. The lowest BCUT2D eigenvalue weighted by Crippen LogP contribution is -2.13. The second kappa shape index (κ2) is 8.49. The standard InChI is InChI=1S/C25H20N2O3/c1-30-23-14-12-22(13-15-23)26-24(28)18-8-10-21(11-9-18)27-25(29)20-7-6-17-4-2-3-5-19(17)16-20/h2-16H,1H3,(H,26,28)(H,27,29). The maximum Gasteiger partial charge on any atom is 0.255 e. The summed E-state index contributed by atoms with van der Waals surface area (Å²) >= 11 is 0. The topological polar surface area (TPSA) is 67.4 Å². The number of carbonyl (C=O) groups excluding carboxylic acids is 2. The number of hydrogen-bond donors (Lipinski definition) is 2. The summed E-state index contributed by atoms with van der Waals surface area (Å²) in [5.41, 5.74) is 2.37. The highest BCUT2D eigenvalue weighted by Gasteiger charge is 2.09. The molecule has 5 heteroatoms. The monoisotopic (exact) mass is 396 g/mol. The molecule has 5 nitrogen and oxygen atoms in total. The van der Waals surface area contributed by atoms with Crippen LogP contribution in [0, 0.1) is 0 Å². The second-order valence-corrected chi connectivity index (χ2v) is 6.78. The van der Waals surface area contributed by atoms with Crippen molar-refractivity contribution in [3.63, 3.8) is 0 Å². The maximum absolute atomic E-state index is 12.6. The normalized spacial score (nSPS) is 10.4. The van der Waals surface area contributed by atoms with Crippen molar-refractivity contribution in [3.8, 4) is 5.75 Å². The molecule has 0 unspecified atom stereocenters. The Morgan fingerprint density at radius 2 is 1.17 bits per heavy atom. The highest BCUT2D eigenvalue weighted by atomic mass is 16.5. The zero-order valence-corrected chi connectivity index (χ0v) is 16.4. The van der Waals surface area contributed by atoms with Crippen molar-refractivity contribution in [2.45, 2.75) is 0 Å². The molecule has 0 bridgehead atoms. The van der Waals surface area contributed by atoms with Crippen LogP contribution >= 0.6 is 0 Å². The van der Waals surface area contributed by atoms with Crippen LogP contribution in [-0.2, 0) is 0 Å². The van der Waals surface area contributed by atoms with Gasteiger partial charge in [0.15, 0.2) is 0 Å². The molecule has 0 aliphatic heterocycles. The van der Waals surface area contributed by atoms with E-state index in [9.17, 15) is 9.59 Å². The van der Waals surface area contributed by atoms with Crippen LogP contribution in [0.5, 0.6) is 5.75 Å². The van der Waals surface area contributed by atoms with E-state index in [0.717, 1.165) is 16.5 Å². The molecule has 2 N–H and O–H groups in total. The third-order valence-electron chi connectivity index (χ3n) is 4.76. The van der Waals surface area contributed by atoms with Crippen LogP contribution < -0.4 is 15.4 Å². The van der Waals surface area contributed by atoms with Gasteiger partial charge in [0, 0.05) is 22.5 Å². The van der Waals surface area contributed by atoms with Crippen molar-refractivity contribution >= 4 is 34.0 Å². The predicted molar refractivity (Wildman–Crippen MR) is 119 cm³/mol. The Balaban J connectivity index is 1.42. The summed E-state index contributed by atoms with van der Waals surface area (Å²) in [7, 11) is 1.59. The summed E-state index contributed by atoms with van der Waals surface area (Å²) in [5, 5.41) is 7.79. The fraction of sp³-hybridized carbons (Fsp3) is 0.0400. The van der Waals surface area contributed by atoms with Gasteiger partial charge in [0.1, 0.15) is 5.75 Å². The van der Waals surface area contributed by atoms with Gasteiger partial charge < -0.3 is 15.4 Å². The zero-order chi connectivity index (χ0) is 20.9. The van der Waals surface area contributed by atoms with E-state index in [-0.39, 0.29) is 11.8 Å². The summed E-state index contributed by atoms with van der Waals surface area (Å²) in [6.07, 6.45) is 0. The van der Waals surface area contributed by atoms with Gasteiger partial charge in [0.05, 0.1) is 7.11 Å². The molecule has 4 rings (SSSR count). The number of nitrogens with one attached hydrogen (secondary N) is 2. The van der Waals surface area contributed by atoms with Gasteiger partial charge in [-0.15, -0.1) is 0 Å². The lowest BCUT2D eigenvalue weighted by molar-refractivity contribution is 0.102. The van der Waals surface area contributed by atoms with E-state index in [4.69, 9.17) is 4.74 Å². The first-order valence-electron chi connectivity index (χ1n) is 9.48. The van der Waals surface area contributed by atoms with E-state index < -0.39 is 0 Å². The van der Waals surface area contributed by atoms with Gasteiger partial charge in [0.2, 0.25) is 0 Å². The molecule has 30 heavy (non-hydrogen) atoms. The molecular weight excluding hydrogens is 376 g/mol. The minimum absolute atomic E-state index is 0.198. The molecule has 0 spiro atoms. The van der Waals surface area contributed by atoms with Gasteiger partial charge in [0.25, 0.3) is 11.8 Å². The Bertz CT molecular complexity index is 1200. The van der Waals surface area contributed by atoms with E-state index >= 15 is 0 Å². The minimum atomic E-state index is -0.229. The lowest BCUT2D eigenvalue weighted by atomic mass is 10.1. The van der Waals surface area contributed by atoms with Gasteiger partial charge in [-0.3, -0.25) is 9.59 Å². The Morgan fingerprint density at radius 3 is 1.80 bits per heavy atom. The molecule has 0 saturated heterocycles. The van der Waals surface area contributed by atoms with Crippen LogP contribution in [0.3, 0.4) is 0 Å². The second-order valence-electron chi connectivity index (χ2n) is 6.78. The highest BCUT2D eigenvalue weighted by molar-refractivity contribution is 6.07. The van der Waals surface area contributed by atoms with E-state index in [1.165, 1.54) is 0 Å². The van der Waals surface area contributed by atoms with E-state index in [1.807, 2.05) is 36.4 Å². The third kappa shape index (κ3) is 4.31. The fourth-order valence-corrected chi connectivity index (χ4v) is 3.12. The smallest absolute Gasteiger partial charge is 0.255 e. The van der Waals surface area contributed by atoms with Crippen LogP contribution in [0.2, 0.25) is 0 Å². The SMILES string of the molecule is COc1ccc(NC(=O)c2ccc(NC(=O)c3ccc4ccccc4c3)cc2)cc1. The maximum atomic E-state index is 12.6. The molecule has 0 saturated carbocycles. The van der Waals surface area contributed by atoms with Gasteiger partial charge >= 0.3 is 0 Å². The van der Waals surface area contributed by atoms with Crippen molar-refractivity contribution in [1.29, 1.82) is 0 Å². The van der Waals surface area contributed by atoms with E-state index in [0.29, 0.717) is 22.5 Å². The number of carbonyl (C=O) groups is 2. The number of hydrogen-bond acceptors (Lipinski definition) is 3. The lowest BCUT2D eigenvalue weighted by Gasteiger charge is -2.09.